The summed E-state index contributed by atoms with van der Waals surface area (Å²) in [7, 11) is 0. The van der Waals surface area contributed by atoms with Crippen molar-refractivity contribution in [3.63, 3.8) is 0 Å². The SMILES string of the molecule is CC(CF)(NC(=O)c1cn(-c2c(F)cc(F)cc2F)c2nc(N3CC[C@H](O)C3)c(F)cc2c1=O)C(F)F. The van der Waals surface area contributed by atoms with E-state index in [-0.39, 0.29) is 25.3 Å². The molecule has 3 heterocycles. The first-order valence-corrected chi connectivity index (χ1v) is 10.9. The maximum Gasteiger partial charge on any atom is 0.263 e. The number of alkyl halides is 3. The van der Waals surface area contributed by atoms with Crippen LogP contribution in [-0.4, -0.2) is 58.4 Å². The molecular weight excluding hydrogens is 513 g/mol. The van der Waals surface area contributed by atoms with Crippen molar-refractivity contribution in [2.24, 2.45) is 0 Å². The smallest absolute Gasteiger partial charge is 0.263 e. The van der Waals surface area contributed by atoms with Gasteiger partial charge in [-0.1, -0.05) is 0 Å². The lowest BCUT2D eigenvalue weighted by atomic mass is 10.0. The summed E-state index contributed by atoms with van der Waals surface area (Å²) in [5.74, 6) is -7.25. The highest BCUT2D eigenvalue weighted by Gasteiger charge is 2.38. The summed E-state index contributed by atoms with van der Waals surface area (Å²) in [6, 6.07) is 1.25. The van der Waals surface area contributed by atoms with Gasteiger partial charge in [0.05, 0.1) is 11.5 Å². The van der Waals surface area contributed by atoms with Gasteiger partial charge in [0.15, 0.2) is 28.9 Å². The monoisotopic (exact) mass is 532 g/mol. The topological polar surface area (TPSA) is 87.5 Å². The molecule has 14 heteroatoms. The van der Waals surface area contributed by atoms with Crippen LogP contribution in [0.1, 0.15) is 23.7 Å². The van der Waals surface area contributed by atoms with Crippen LogP contribution >= 0.6 is 0 Å². The number of halogens is 7. The number of hydrogen-bond acceptors (Lipinski definition) is 5. The lowest BCUT2D eigenvalue weighted by Crippen LogP contribution is -2.54. The number of benzene rings is 1. The van der Waals surface area contributed by atoms with Gasteiger partial charge in [-0.25, -0.2) is 35.7 Å². The zero-order chi connectivity index (χ0) is 27.2. The summed E-state index contributed by atoms with van der Waals surface area (Å²) in [6.45, 7) is -0.919. The number of aliphatic hydroxyl groups is 1. The molecule has 1 saturated heterocycles. The minimum absolute atomic E-state index is 0.0329. The number of aliphatic hydroxyl groups excluding tert-OH is 1. The van der Waals surface area contributed by atoms with Crippen LogP contribution in [-0.2, 0) is 0 Å². The minimum atomic E-state index is -3.39. The predicted octanol–water partition coefficient (Wildman–Crippen LogP) is 3.24. The molecule has 1 fully saturated rings. The summed E-state index contributed by atoms with van der Waals surface area (Å²) in [6.07, 6.45) is -3.37. The number of nitrogens with zero attached hydrogens (tertiary/aromatic N) is 3. The summed E-state index contributed by atoms with van der Waals surface area (Å²) in [5.41, 5.74) is -6.50. The second-order valence-corrected chi connectivity index (χ2v) is 8.82. The third kappa shape index (κ3) is 4.72. The van der Waals surface area contributed by atoms with E-state index in [1.165, 1.54) is 4.90 Å². The van der Waals surface area contributed by atoms with Gasteiger partial charge in [0.25, 0.3) is 12.3 Å². The molecular formula is C23H19F7N4O3. The molecule has 0 aliphatic carbocycles. The van der Waals surface area contributed by atoms with E-state index in [0.29, 0.717) is 35.9 Å². The Morgan fingerprint density at radius 3 is 2.38 bits per heavy atom. The van der Waals surface area contributed by atoms with Crippen molar-refractivity contribution in [2.75, 3.05) is 24.7 Å². The van der Waals surface area contributed by atoms with Crippen molar-refractivity contribution in [2.45, 2.75) is 31.4 Å². The summed E-state index contributed by atoms with van der Waals surface area (Å²) in [4.78, 5) is 31.2. The molecule has 1 aliphatic rings. The second-order valence-electron chi connectivity index (χ2n) is 8.82. The molecule has 0 radical (unpaired) electrons. The van der Waals surface area contributed by atoms with Crippen LogP contribution in [0.15, 0.2) is 29.2 Å². The highest BCUT2D eigenvalue weighted by Crippen LogP contribution is 2.28. The highest BCUT2D eigenvalue weighted by atomic mass is 19.3. The molecule has 0 saturated carbocycles. The van der Waals surface area contributed by atoms with Gasteiger partial charge in [0.2, 0.25) is 5.43 Å². The Labute approximate surface area is 204 Å². The molecule has 1 unspecified atom stereocenters. The second kappa shape index (κ2) is 9.65. The van der Waals surface area contributed by atoms with E-state index in [1.54, 1.807) is 5.32 Å². The number of rotatable bonds is 6. The zero-order valence-electron chi connectivity index (χ0n) is 19.0. The molecule has 2 atom stereocenters. The summed E-state index contributed by atoms with van der Waals surface area (Å²) in [5, 5.41) is 10.8. The van der Waals surface area contributed by atoms with Crippen molar-refractivity contribution in [3.05, 3.63) is 63.5 Å². The quantitative estimate of drug-likeness (QED) is 0.477. The first-order chi connectivity index (χ1) is 17.4. The molecule has 1 aromatic carbocycles. The Morgan fingerprint density at radius 1 is 1.19 bits per heavy atom. The fraction of sp³-hybridized carbons (Fsp3) is 0.348. The number of amides is 1. The number of carbonyl (C=O) groups excluding carboxylic acids is 1. The Bertz CT molecular complexity index is 1430. The number of carbonyl (C=O) groups is 1. The fourth-order valence-corrected chi connectivity index (χ4v) is 3.94. The molecule has 4 rings (SSSR count). The molecule has 37 heavy (non-hydrogen) atoms. The Balaban J connectivity index is 2.00. The fourth-order valence-electron chi connectivity index (χ4n) is 3.94. The molecule has 0 spiro atoms. The maximum absolute atomic E-state index is 15.0. The van der Waals surface area contributed by atoms with Crippen LogP contribution in [0.25, 0.3) is 16.7 Å². The largest absolute Gasteiger partial charge is 0.391 e. The molecule has 1 aliphatic heterocycles. The lowest BCUT2D eigenvalue weighted by Gasteiger charge is -2.26. The average molecular weight is 532 g/mol. The first kappa shape index (κ1) is 26.4. The highest BCUT2D eigenvalue weighted by molar-refractivity contribution is 5.98. The van der Waals surface area contributed by atoms with Crippen molar-refractivity contribution < 1.29 is 40.6 Å². The summed E-state index contributed by atoms with van der Waals surface area (Å²) >= 11 is 0. The molecule has 3 aromatic rings. The number of anilines is 1. The Morgan fingerprint density at radius 2 is 1.84 bits per heavy atom. The number of hydrogen-bond donors (Lipinski definition) is 2. The van der Waals surface area contributed by atoms with E-state index in [2.05, 4.69) is 4.98 Å². The number of fused-ring (bicyclic) bond motifs is 1. The Kier molecular flexibility index (Phi) is 6.88. The number of nitrogens with one attached hydrogen (secondary N) is 1. The lowest BCUT2D eigenvalue weighted by molar-refractivity contribution is 0.0238. The van der Waals surface area contributed by atoms with E-state index in [0.717, 1.165) is 0 Å². The molecule has 2 N–H and O–H groups in total. The predicted molar refractivity (Wildman–Crippen MR) is 118 cm³/mol. The van der Waals surface area contributed by atoms with E-state index < -0.39 is 81.6 Å². The van der Waals surface area contributed by atoms with Gasteiger partial charge in [0, 0.05) is 31.4 Å². The molecule has 1 amide bonds. The van der Waals surface area contributed by atoms with E-state index >= 15 is 4.39 Å². The third-order valence-corrected chi connectivity index (χ3v) is 6.00. The van der Waals surface area contributed by atoms with Crippen LogP contribution < -0.4 is 15.6 Å². The van der Waals surface area contributed by atoms with E-state index in [1.807, 2.05) is 0 Å². The third-order valence-electron chi connectivity index (χ3n) is 6.00. The van der Waals surface area contributed by atoms with E-state index in [9.17, 15) is 41.0 Å². The first-order valence-electron chi connectivity index (χ1n) is 10.9. The van der Waals surface area contributed by atoms with Crippen LogP contribution in [0, 0.1) is 23.3 Å². The Hall–Kier alpha value is -3.68. The van der Waals surface area contributed by atoms with Crippen molar-refractivity contribution >= 4 is 22.8 Å². The average Bonchev–Trinajstić information content (AvgIpc) is 3.25. The van der Waals surface area contributed by atoms with Crippen molar-refractivity contribution in [1.82, 2.24) is 14.9 Å². The zero-order valence-corrected chi connectivity index (χ0v) is 19.0. The van der Waals surface area contributed by atoms with Gasteiger partial charge >= 0.3 is 0 Å². The van der Waals surface area contributed by atoms with Gasteiger partial charge in [-0.3, -0.25) is 14.2 Å². The van der Waals surface area contributed by atoms with Gasteiger partial charge in [0.1, 0.15) is 29.3 Å². The van der Waals surface area contributed by atoms with Crippen molar-refractivity contribution in [1.29, 1.82) is 0 Å². The molecule has 0 bridgehead atoms. The van der Waals surface area contributed by atoms with Crippen LogP contribution in [0.5, 0.6) is 0 Å². The van der Waals surface area contributed by atoms with Crippen LogP contribution in [0.2, 0.25) is 0 Å². The van der Waals surface area contributed by atoms with Gasteiger partial charge < -0.3 is 15.3 Å². The number of aromatic nitrogens is 2. The van der Waals surface area contributed by atoms with Gasteiger partial charge in [-0.05, 0) is 19.4 Å². The number of β-amino-alcohol motifs (C(OH)–C–C–N with tert-alkyl or cyclic N) is 1. The van der Waals surface area contributed by atoms with E-state index in [4.69, 9.17) is 0 Å². The minimum Gasteiger partial charge on any atom is -0.391 e. The normalized spacial score (nSPS) is 17.5. The maximum atomic E-state index is 15.0. The number of pyridine rings is 2. The van der Waals surface area contributed by atoms with Gasteiger partial charge in [-0.2, -0.15) is 0 Å². The standard InChI is InChI=1S/C23H19F7N4O3/c1-23(9-24,22(29)30)32-21(37)13-8-34(17-14(26)4-10(25)5-15(17)27)19-12(18(13)36)6-16(28)20(31-19)33-3-2-11(35)7-33/h4-6,8,11,22,35H,2-3,7,9H2,1H3,(H,32,37)/t11-,23?/m0/s1. The molecule has 198 valence electrons. The van der Waals surface area contributed by atoms with Crippen LogP contribution in [0.3, 0.4) is 0 Å². The molecule has 2 aromatic heterocycles. The summed E-state index contributed by atoms with van der Waals surface area (Å²) < 4.78 is 98.5. The van der Waals surface area contributed by atoms with Gasteiger partial charge in [-0.15, -0.1) is 0 Å². The van der Waals surface area contributed by atoms with Crippen molar-refractivity contribution in [3.8, 4) is 5.69 Å². The van der Waals surface area contributed by atoms with Crippen LogP contribution in [0.4, 0.5) is 36.6 Å². The molecule has 7 nitrogen and oxygen atoms in total.